The first kappa shape index (κ1) is 17.4. The molecule has 0 aliphatic carbocycles. The van der Waals surface area contributed by atoms with Crippen molar-refractivity contribution in [3.63, 3.8) is 0 Å². The van der Waals surface area contributed by atoms with Crippen molar-refractivity contribution in [2.75, 3.05) is 19.5 Å². The van der Waals surface area contributed by atoms with Crippen LogP contribution in [0.1, 0.15) is 5.76 Å². The summed E-state index contributed by atoms with van der Waals surface area (Å²) in [7, 11) is 2.88. The zero-order chi connectivity index (χ0) is 17.7. The van der Waals surface area contributed by atoms with Crippen LogP contribution in [-0.4, -0.2) is 25.1 Å². The molecule has 0 unspecified atom stereocenters. The molecule has 1 N–H and O–H groups in total. The van der Waals surface area contributed by atoms with E-state index in [2.05, 4.69) is 5.32 Å². The molecule has 0 radical (unpaired) electrons. The summed E-state index contributed by atoms with van der Waals surface area (Å²) in [4.78, 5) is 21.8. The highest BCUT2D eigenvalue weighted by atomic mass is 35.5. The van der Waals surface area contributed by atoms with Crippen LogP contribution in [0.4, 0.5) is 11.6 Å². The molecule has 2 aromatic rings. The van der Waals surface area contributed by atoms with Gasteiger partial charge in [-0.3, -0.25) is 14.9 Å². The first-order valence-corrected chi connectivity index (χ1v) is 6.97. The summed E-state index contributed by atoms with van der Waals surface area (Å²) in [5, 5.41) is 13.5. The van der Waals surface area contributed by atoms with Crippen LogP contribution in [-0.2, 0) is 4.79 Å². The molecule has 0 fully saturated rings. The minimum atomic E-state index is -0.664. The largest absolute Gasteiger partial charge is 0.495 e. The number of carbonyl (C=O) groups is 1. The van der Waals surface area contributed by atoms with Crippen molar-refractivity contribution in [2.24, 2.45) is 0 Å². The Labute approximate surface area is 141 Å². The maximum absolute atomic E-state index is 12.0. The number of methoxy groups -OCH3 is 2. The second-order valence-electron chi connectivity index (χ2n) is 4.44. The Morgan fingerprint density at radius 3 is 2.58 bits per heavy atom. The molecule has 0 saturated heterocycles. The lowest BCUT2D eigenvalue weighted by Crippen LogP contribution is -2.09. The number of hydrogen-bond acceptors (Lipinski definition) is 6. The van der Waals surface area contributed by atoms with Gasteiger partial charge in [-0.15, -0.1) is 0 Å². The number of halogens is 1. The van der Waals surface area contributed by atoms with Crippen LogP contribution >= 0.6 is 11.6 Å². The summed E-state index contributed by atoms with van der Waals surface area (Å²) in [5.41, 5.74) is 0.360. The van der Waals surface area contributed by atoms with Gasteiger partial charge in [0, 0.05) is 18.2 Å². The number of hydrogen-bond donors (Lipinski definition) is 1. The molecule has 0 bridgehead atoms. The number of amides is 1. The maximum atomic E-state index is 12.0. The van der Waals surface area contributed by atoms with Gasteiger partial charge in [-0.1, -0.05) is 11.6 Å². The normalized spacial score (nSPS) is 10.6. The van der Waals surface area contributed by atoms with E-state index in [9.17, 15) is 14.9 Å². The Bertz CT molecular complexity index is 799. The summed E-state index contributed by atoms with van der Waals surface area (Å²) in [6.07, 6.45) is 2.48. The van der Waals surface area contributed by atoms with Gasteiger partial charge in [0.15, 0.2) is 0 Å². The SMILES string of the molecule is COc1cc(NC(=O)/C=C/c2ccc([N+](=O)[O-])o2)c(OC)cc1Cl. The first-order chi connectivity index (χ1) is 11.4. The highest BCUT2D eigenvalue weighted by Gasteiger charge is 2.12. The number of anilines is 1. The molecule has 1 aromatic heterocycles. The van der Waals surface area contributed by atoms with Crippen molar-refractivity contribution in [1.82, 2.24) is 0 Å². The van der Waals surface area contributed by atoms with E-state index in [1.54, 1.807) is 0 Å². The molecule has 2 rings (SSSR count). The van der Waals surface area contributed by atoms with Crippen LogP contribution in [0.25, 0.3) is 6.08 Å². The minimum Gasteiger partial charge on any atom is -0.495 e. The van der Waals surface area contributed by atoms with Crippen molar-refractivity contribution in [3.8, 4) is 11.5 Å². The van der Waals surface area contributed by atoms with E-state index in [0.717, 1.165) is 0 Å². The molecular weight excluding hydrogens is 340 g/mol. The summed E-state index contributed by atoms with van der Waals surface area (Å²) in [5.74, 6) is 0.0167. The van der Waals surface area contributed by atoms with Crippen LogP contribution in [0.2, 0.25) is 5.02 Å². The fourth-order valence-corrected chi connectivity index (χ4v) is 2.05. The molecule has 0 saturated carbocycles. The van der Waals surface area contributed by atoms with E-state index >= 15 is 0 Å². The molecule has 9 heteroatoms. The van der Waals surface area contributed by atoms with Crippen LogP contribution in [0.5, 0.6) is 11.5 Å². The lowest BCUT2D eigenvalue weighted by atomic mass is 10.2. The van der Waals surface area contributed by atoms with E-state index < -0.39 is 16.7 Å². The Morgan fingerprint density at radius 1 is 1.29 bits per heavy atom. The third kappa shape index (κ3) is 4.05. The molecular formula is C15H13ClN2O6. The highest BCUT2D eigenvalue weighted by Crippen LogP contribution is 2.35. The summed E-state index contributed by atoms with van der Waals surface area (Å²) >= 11 is 5.99. The number of benzene rings is 1. The fraction of sp³-hybridized carbons (Fsp3) is 0.133. The van der Waals surface area contributed by atoms with Gasteiger partial charge in [0.2, 0.25) is 5.91 Å². The van der Waals surface area contributed by atoms with E-state index in [-0.39, 0.29) is 5.76 Å². The Balaban J connectivity index is 2.14. The third-order valence-corrected chi connectivity index (χ3v) is 3.22. The second kappa shape index (κ2) is 7.51. The number of carbonyl (C=O) groups excluding carboxylic acids is 1. The molecule has 0 aliphatic rings. The van der Waals surface area contributed by atoms with Crippen molar-refractivity contribution in [1.29, 1.82) is 0 Å². The van der Waals surface area contributed by atoms with Crippen LogP contribution < -0.4 is 14.8 Å². The average molecular weight is 353 g/mol. The van der Waals surface area contributed by atoms with Gasteiger partial charge in [-0.2, -0.15) is 0 Å². The van der Waals surface area contributed by atoms with E-state index in [0.29, 0.717) is 22.2 Å². The Hall–Kier alpha value is -3.00. The van der Waals surface area contributed by atoms with Crippen LogP contribution in [0.3, 0.4) is 0 Å². The van der Waals surface area contributed by atoms with E-state index in [4.69, 9.17) is 25.5 Å². The Morgan fingerprint density at radius 2 is 2.00 bits per heavy atom. The summed E-state index contributed by atoms with van der Waals surface area (Å²) in [6.45, 7) is 0. The maximum Gasteiger partial charge on any atom is 0.433 e. The molecule has 1 heterocycles. The standard InChI is InChI=1S/C15H13ClN2O6/c1-22-12-8-11(13(23-2)7-10(12)16)17-14(19)5-3-9-4-6-15(24-9)18(20)21/h3-8H,1-2H3,(H,17,19)/b5-3+. The van der Waals surface area contributed by atoms with Gasteiger partial charge in [-0.05, 0) is 12.1 Å². The number of furan rings is 1. The zero-order valence-corrected chi connectivity index (χ0v) is 13.5. The number of rotatable bonds is 6. The summed E-state index contributed by atoms with van der Waals surface area (Å²) < 4.78 is 15.1. The second-order valence-corrected chi connectivity index (χ2v) is 4.85. The molecule has 1 aromatic carbocycles. The number of ether oxygens (including phenoxy) is 2. The van der Waals surface area contributed by atoms with E-state index in [1.165, 1.54) is 50.6 Å². The van der Waals surface area contributed by atoms with Gasteiger partial charge in [0.25, 0.3) is 0 Å². The number of nitrogens with zero attached hydrogens (tertiary/aromatic N) is 1. The van der Waals surface area contributed by atoms with Gasteiger partial charge >= 0.3 is 5.88 Å². The number of nitro groups is 1. The molecule has 0 aliphatic heterocycles. The van der Waals surface area contributed by atoms with Crippen molar-refractivity contribution < 1.29 is 23.6 Å². The quantitative estimate of drug-likeness (QED) is 0.484. The lowest BCUT2D eigenvalue weighted by Gasteiger charge is -2.12. The van der Waals surface area contributed by atoms with Crippen LogP contribution in [0.15, 0.2) is 34.8 Å². The Kier molecular flexibility index (Phi) is 5.43. The average Bonchev–Trinajstić information content (AvgIpc) is 3.03. The molecule has 0 spiro atoms. The molecule has 8 nitrogen and oxygen atoms in total. The third-order valence-electron chi connectivity index (χ3n) is 2.92. The van der Waals surface area contributed by atoms with E-state index in [1.807, 2.05) is 0 Å². The van der Waals surface area contributed by atoms with Gasteiger partial charge in [0.05, 0.1) is 31.0 Å². The minimum absolute atomic E-state index is 0.178. The van der Waals surface area contributed by atoms with Crippen LogP contribution in [0, 0.1) is 10.1 Å². The lowest BCUT2D eigenvalue weighted by molar-refractivity contribution is -0.402. The predicted octanol–water partition coefficient (Wildman–Crippen LogP) is 3.51. The zero-order valence-electron chi connectivity index (χ0n) is 12.7. The fourth-order valence-electron chi connectivity index (χ4n) is 1.82. The van der Waals surface area contributed by atoms with Crippen molar-refractivity contribution in [3.05, 3.63) is 51.2 Å². The monoisotopic (exact) mass is 352 g/mol. The van der Waals surface area contributed by atoms with Gasteiger partial charge in [-0.25, -0.2) is 0 Å². The van der Waals surface area contributed by atoms with Gasteiger partial charge < -0.3 is 19.2 Å². The highest BCUT2D eigenvalue weighted by molar-refractivity contribution is 6.32. The molecule has 0 atom stereocenters. The summed E-state index contributed by atoms with van der Waals surface area (Å²) in [6, 6.07) is 5.61. The predicted molar refractivity (Wildman–Crippen MR) is 87.6 cm³/mol. The smallest absolute Gasteiger partial charge is 0.433 e. The van der Waals surface area contributed by atoms with Crippen molar-refractivity contribution >= 4 is 35.2 Å². The topological polar surface area (TPSA) is 104 Å². The first-order valence-electron chi connectivity index (χ1n) is 6.59. The van der Waals surface area contributed by atoms with Gasteiger partial charge in [0.1, 0.15) is 22.2 Å². The molecule has 1 amide bonds. The molecule has 24 heavy (non-hydrogen) atoms. The molecule has 126 valence electrons. The van der Waals surface area contributed by atoms with Crippen molar-refractivity contribution in [2.45, 2.75) is 0 Å². The number of nitrogens with one attached hydrogen (secondary N) is 1.